The minimum absolute atomic E-state index is 0.204. The Morgan fingerprint density at radius 1 is 1.29 bits per heavy atom. The van der Waals surface area contributed by atoms with Crippen LogP contribution in [0.3, 0.4) is 0 Å². The van der Waals surface area contributed by atoms with E-state index in [0.717, 1.165) is 38.4 Å². The summed E-state index contributed by atoms with van der Waals surface area (Å²) in [5, 5.41) is 0. The van der Waals surface area contributed by atoms with E-state index in [2.05, 4.69) is 19.9 Å². The molecular formula is C15H19N5O. The van der Waals surface area contributed by atoms with Crippen molar-refractivity contribution in [2.24, 2.45) is 0 Å². The predicted molar refractivity (Wildman–Crippen MR) is 81.0 cm³/mol. The Labute approximate surface area is 124 Å². The van der Waals surface area contributed by atoms with Gasteiger partial charge in [-0.05, 0) is 30.5 Å². The lowest BCUT2D eigenvalue weighted by Gasteiger charge is -2.33. The van der Waals surface area contributed by atoms with Gasteiger partial charge in [0.15, 0.2) is 0 Å². The fourth-order valence-corrected chi connectivity index (χ4v) is 2.53. The quantitative estimate of drug-likeness (QED) is 0.912. The fourth-order valence-electron chi connectivity index (χ4n) is 2.53. The van der Waals surface area contributed by atoms with Crippen LogP contribution in [0.4, 0.5) is 11.6 Å². The van der Waals surface area contributed by atoms with Crippen LogP contribution in [0.25, 0.3) is 0 Å². The van der Waals surface area contributed by atoms with Gasteiger partial charge in [0, 0.05) is 31.7 Å². The van der Waals surface area contributed by atoms with Crippen LogP contribution in [-0.2, 0) is 11.2 Å². The second-order valence-corrected chi connectivity index (χ2v) is 5.13. The Balaban J connectivity index is 1.57. The number of pyridine rings is 1. The summed E-state index contributed by atoms with van der Waals surface area (Å²) in [7, 11) is 0. The number of ether oxygens (including phenoxy) is 1. The summed E-state index contributed by atoms with van der Waals surface area (Å²) in [6, 6.07) is 3.92. The minimum atomic E-state index is 0.204. The summed E-state index contributed by atoms with van der Waals surface area (Å²) in [6.45, 7) is 2.43. The maximum Gasteiger partial charge on any atom is 0.147 e. The number of aromatic nitrogens is 3. The van der Waals surface area contributed by atoms with E-state index >= 15 is 0 Å². The first kappa shape index (κ1) is 13.8. The van der Waals surface area contributed by atoms with Gasteiger partial charge in [-0.3, -0.25) is 4.98 Å². The van der Waals surface area contributed by atoms with E-state index in [9.17, 15) is 0 Å². The molecule has 0 saturated carbocycles. The molecule has 0 spiro atoms. The average molecular weight is 285 g/mol. The van der Waals surface area contributed by atoms with Crippen molar-refractivity contribution in [3.8, 4) is 0 Å². The van der Waals surface area contributed by atoms with Crippen LogP contribution in [0, 0.1) is 0 Å². The van der Waals surface area contributed by atoms with E-state index in [1.54, 1.807) is 24.8 Å². The Kier molecular flexibility index (Phi) is 4.25. The summed E-state index contributed by atoms with van der Waals surface area (Å²) in [4.78, 5) is 14.7. The number of morpholine rings is 1. The highest BCUT2D eigenvalue weighted by molar-refractivity contribution is 5.36. The number of anilines is 2. The predicted octanol–water partition coefficient (Wildman–Crippen LogP) is 1.29. The van der Waals surface area contributed by atoms with Gasteiger partial charge >= 0.3 is 0 Å². The third-order valence-corrected chi connectivity index (χ3v) is 3.61. The monoisotopic (exact) mass is 285 g/mol. The zero-order chi connectivity index (χ0) is 14.5. The molecule has 0 aliphatic carbocycles. The van der Waals surface area contributed by atoms with Gasteiger partial charge in [-0.15, -0.1) is 0 Å². The highest BCUT2D eigenvalue weighted by Gasteiger charge is 2.21. The lowest BCUT2D eigenvalue weighted by Crippen LogP contribution is -2.43. The van der Waals surface area contributed by atoms with Gasteiger partial charge in [0.1, 0.15) is 11.6 Å². The van der Waals surface area contributed by atoms with Crippen molar-refractivity contribution in [2.75, 3.05) is 30.3 Å². The van der Waals surface area contributed by atoms with Crippen molar-refractivity contribution in [1.82, 2.24) is 15.0 Å². The molecule has 21 heavy (non-hydrogen) atoms. The molecule has 1 unspecified atom stereocenters. The normalized spacial score (nSPS) is 18.7. The molecule has 110 valence electrons. The summed E-state index contributed by atoms with van der Waals surface area (Å²) in [5.41, 5.74) is 6.90. The Hall–Kier alpha value is -2.21. The molecule has 2 aromatic rings. The molecule has 0 aromatic carbocycles. The highest BCUT2D eigenvalue weighted by atomic mass is 16.5. The van der Waals surface area contributed by atoms with Crippen LogP contribution >= 0.6 is 0 Å². The van der Waals surface area contributed by atoms with Gasteiger partial charge in [0.05, 0.1) is 18.9 Å². The summed E-state index contributed by atoms with van der Waals surface area (Å²) < 4.78 is 5.84. The molecular weight excluding hydrogens is 266 g/mol. The zero-order valence-corrected chi connectivity index (χ0v) is 11.9. The second-order valence-electron chi connectivity index (χ2n) is 5.13. The van der Waals surface area contributed by atoms with Gasteiger partial charge < -0.3 is 15.4 Å². The molecule has 2 aromatic heterocycles. The summed E-state index contributed by atoms with van der Waals surface area (Å²) in [6.07, 6.45) is 9.06. The van der Waals surface area contributed by atoms with Crippen molar-refractivity contribution in [3.63, 3.8) is 0 Å². The van der Waals surface area contributed by atoms with Crippen molar-refractivity contribution in [2.45, 2.75) is 18.9 Å². The fraction of sp³-hybridized carbons (Fsp3) is 0.400. The molecule has 1 saturated heterocycles. The standard InChI is InChI=1S/C15H19N5O/c16-14-9-12(3-4-18-14)1-2-13-11-20(7-8-21-13)15-10-17-5-6-19-15/h3-6,9-10,13H,1-2,7-8,11H2,(H2,16,18). The van der Waals surface area contributed by atoms with Crippen LogP contribution in [0.5, 0.6) is 0 Å². The number of rotatable bonds is 4. The molecule has 1 fully saturated rings. The minimum Gasteiger partial charge on any atom is -0.384 e. The lowest BCUT2D eigenvalue weighted by atomic mass is 10.1. The molecule has 6 heteroatoms. The van der Waals surface area contributed by atoms with Gasteiger partial charge in [-0.25, -0.2) is 9.97 Å². The molecule has 0 bridgehead atoms. The maximum atomic E-state index is 5.84. The van der Waals surface area contributed by atoms with Crippen LogP contribution in [0.1, 0.15) is 12.0 Å². The molecule has 3 rings (SSSR count). The SMILES string of the molecule is Nc1cc(CCC2CN(c3cnccn3)CCO2)ccn1. The van der Waals surface area contributed by atoms with Crippen LogP contribution < -0.4 is 10.6 Å². The number of hydrogen-bond acceptors (Lipinski definition) is 6. The highest BCUT2D eigenvalue weighted by Crippen LogP contribution is 2.17. The van der Waals surface area contributed by atoms with E-state index in [1.165, 1.54) is 5.56 Å². The van der Waals surface area contributed by atoms with E-state index in [4.69, 9.17) is 10.5 Å². The van der Waals surface area contributed by atoms with Gasteiger partial charge in [0.2, 0.25) is 0 Å². The van der Waals surface area contributed by atoms with E-state index < -0.39 is 0 Å². The van der Waals surface area contributed by atoms with Crippen LogP contribution in [-0.4, -0.2) is 40.8 Å². The number of aryl methyl sites for hydroxylation is 1. The van der Waals surface area contributed by atoms with Crippen molar-refractivity contribution >= 4 is 11.6 Å². The van der Waals surface area contributed by atoms with Gasteiger partial charge in [-0.2, -0.15) is 0 Å². The van der Waals surface area contributed by atoms with Crippen molar-refractivity contribution < 1.29 is 4.74 Å². The summed E-state index contributed by atoms with van der Waals surface area (Å²) in [5.74, 6) is 1.48. The molecule has 0 amide bonds. The molecule has 3 heterocycles. The second kappa shape index (κ2) is 6.49. The number of hydrogen-bond donors (Lipinski definition) is 1. The van der Waals surface area contributed by atoms with E-state index in [1.807, 2.05) is 12.1 Å². The first-order valence-corrected chi connectivity index (χ1v) is 7.14. The van der Waals surface area contributed by atoms with E-state index in [-0.39, 0.29) is 6.10 Å². The maximum absolute atomic E-state index is 5.84. The summed E-state index contributed by atoms with van der Waals surface area (Å²) >= 11 is 0. The van der Waals surface area contributed by atoms with Crippen molar-refractivity contribution in [3.05, 3.63) is 42.5 Å². The number of nitrogen functional groups attached to an aromatic ring is 1. The van der Waals surface area contributed by atoms with E-state index in [0.29, 0.717) is 5.82 Å². The molecule has 6 nitrogen and oxygen atoms in total. The number of nitrogens with zero attached hydrogens (tertiary/aromatic N) is 4. The smallest absolute Gasteiger partial charge is 0.147 e. The first-order chi connectivity index (χ1) is 10.3. The van der Waals surface area contributed by atoms with Crippen LogP contribution in [0.2, 0.25) is 0 Å². The molecule has 1 atom stereocenters. The van der Waals surface area contributed by atoms with Gasteiger partial charge in [0.25, 0.3) is 0 Å². The third kappa shape index (κ3) is 3.66. The zero-order valence-electron chi connectivity index (χ0n) is 11.9. The van der Waals surface area contributed by atoms with Crippen LogP contribution in [0.15, 0.2) is 36.9 Å². The van der Waals surface area contributed by atoms with Gasteiger partial charge in [-0.1, -0.05) is 0 Å². The molecule has 0 radical (unpaired) electrons. The Morgan fingerprint density at radius 3 is 3.05 bits per heavy atom. The number of nitrogens with two attached hydrogens (primary N) is 1. The lowest BCUT2D eigenvalue weighted by molar-refractivity contribution is 0.0352. The molecule has 1 aliphatic rings. The van der Waals surface area contributed by atoms with Crippen molar-refractivity contribution in [1.29, 1.82) is 0 Å². The Bertz CT molecular complexity index is 577. The first-order valence-electron chi connectivity index (χ1n) is 7.14. The Morgan fingerprint density at radius 2 is 2.24 bits per heavy atom. The molecule has 1 aliphatic heterocycles. The topological polar surface area (TPSA) is 77.2 Å². The third-order valence-electron chi connectivity index (χ3n) is 3.61. The largest absolute Gasteiger partial charge is 0.384 e. The average Bonchev–Trinajstić information content (AvgIpc) is 2.54. The molecule has 2 N–H and O–H groups in total.